The van der Waals surface area contributed by atoms with Crippen molar-refractivity contribution in [1.29, 1.82) is 0 Å². The van der Waals surface area contributed by atoms with Crippen LogP contribution in [0.4, 0.5) is 5.69 Å². The zero-order valence-corrected chi connectivity index (χ0v) is 11.6. The minimum Gasteiger partial charge on any atom is -0.398 e. The molecule has 0 aromatic heterocycles. The molecule has 1 aromatic rings. The maximum absolute atomic E-state index is 11.5. The van der Waals surface area contributed by atoms with Gasteiger partial charge in [-0.15, -0.1) is 11.8 Å². The van der Waals surface area contributed by atoms with E-state index in [2.05, 4.69) is 19.2 Å². The van der Waals surface area contributed by atoms with Crippen molar-refractivity contribution in [2.24, 2.45) is 5.92 Å². The Kier molecular flexibility index (Phi) is 5.65. The van der Waals surface area contributed by atoms with Gasteiger partial charge >= 0.3 is 0 Å². The Hall–Kier alpha value is -0.870. The Labute approximate surface area is 111 Å². The molecule has 1 rings (SSSR count). The largest absolute Gasteiger partial charge is 0.398 e. The van der Waals surface area contributed by atoms with Gasteiger partial charge in [-0.05, 0) is 24.1 Å². The van der Waals surface area contributed by atoms with Crippen molar-refractivity contribution in [2.45, 2.75) is 18.7 Å². The van der Waals surface area contributed by atoms with E-state index in [9.17, 15) is 4.79 Å². The second-order valence-electron chi connectivity index (χ2n) is 4.17. The maximum atomic E-state index is 11.5. The number of carbonyl (C=O) groups excluding carboxylic acids is 1. The Balaban J connectivity index is 2.44. The fourth-order valence-electron chi connectivity index (χ4n) is 1.15. The van der Waals surface area contributed by atoms with E-state index < -0.39 is 0 Å². The van der Waals surface area contributed by atoms with Gasteiger partial charge in [0.05, 0.1) is 5.75 Å². The van der Waals surface area contributed by atoms with Gasteiger partial charge in [0.2, 0.25) is 5.91 Å². The molecule has 0 saturated heterocycles. The van der Waals surface area contributed by atoms with Crippen molar-refractivity contribution in [2.75, 3.05) is 18.0 Å². The predicted molar refractivity (Wildman–Crippen MR) is 74.4 cm³/mol. The van der Waals surface area contributed by atoms with Crippen molar-refractivity contribution in [3.63, 3.8) is 0 Å². The number of nitrogens with one attached hydrogen (secondary N) is 1. The number of nitrogen functional groups attached to an aromatic ring is 1. The molecular weight excluding hydrogens is 256 g/mol. The molecule has 0 heterocycles. The van der Waals surface area contributed by atoms with Gasteiger partial charge in [0.1, 0.15) is 0 Å². The fraction of sp³-hybridized carbons (Fsp3) is 0.417. The molecule has 0 aliphatic heterocycles. The lowest BCUT2D eigenvalue weighted by molar-refractivity contribution is -0.118. The Morgan fingerprint density at radius 2 is 2.24 bits per heavy atom. The summed E-state index contributed by atoms with van der Waals surface area (Å²) in [4.78, 5) is 12.4. The van der Waals surface area contributed by atoms with Crippen molar-refractivity contribution in [3.8, 4) is 0 Å². The van der Waals surface area contributed by atoms with Crippen LogP contribution < -0.4 is 11.1 Å². The summed E-state index contributed by atoms with van der Waals surface area (Å²) in [7, 11) is 0. The maximum Gasteiger partial charge on any atom is 0.230 e. The van der Waals surface area contributed by atoms with Crippen LogP contribution in [0.1, 0.15) is 13.8 Å². The first kappa shape index (κ1) is 14.2. The topological polar surface area (TPSA) is 55.1 Å². The van der Waals surface area contributed by atoms with Crippen molar-refractivity contribution < 1.29 is 4.79 Å². The van der Waals surface area contributed by atoms with Crippen LogP contribution in [0, 0.1) is 5.92 Å². The highest BCUT2D eigenvalue weighted by molar-refractivity contribution is 8.00. The first-order valence-corrected chi connectivity index (χ1v) is 6.80. The molecule has 0 atom stereocenters. The molecule has 3 N–H and O–H groups in total. The van der Waals surface area contributed by atoms with Gasteiger partial charge in [0, 0.05) is 22.2 Å². The van der Waals surface area contributed by atoms with E-state index in [0.29, 0.717) is 28.9 Å². The molecule has 5 heteroatoms. The van der Waals surface area contributed by atoms with Crippen LogP contribution >= 0.6 is 23.4 Å². The molecule has 94 valence electrons. The Morgan fingerprint density at radius 3 is 2.88 bits per heavy atom. The minimum atomic E-state index is 0.0167. The molecule has 0 spiro atoms. The molecule has 0 bridgehead atoms. The molecule has 0 aliphatic rings. The Bertz CT molecular complexity index is 396. The summed E-state index contributed by atoms with van der Waals surface area (Å²) in [6.45, 7) is 4.81. The number of benzene rings is 1. The Morgan fingerprint density at radius 1 is 1.53 bits per heavy atom. The fourth-order valence-corrected chi connectivity index (χ4v) is 2.22. The summed E-state index contributed by atoms with van der Waals surface area (Å²) < 4.78 is 0. The third kappa shape index (κ3) is 5.33. The van der Waals surface area contributed by atoms with E-state index >= 15 is 0 Å². The second kappa shape index (κ2) is 6.77. The van der Waals surface area contributed by atoms with Gasteiger partial charge in [-0.25, -0.2) is 0 Å². The zero-order valence-electron chi connectivity index (χ0n) is 10.00. The van der Waals surface area contributed by atoms with Crippen molar-refractivity contribution in [3.05, 3.63) is 23.2 Å². The van der Waals surface area contributed by atoms with Crippen LogP contribution in [0.2, 0.25) is 5.02 Å². The number of nitrogens with two attached hydrogens (primary N) is 1. The van der Waals surface area contributed by atoms with E-state index in [0.717, 1.165) is 4.90 Å². The molecule has 0 radical (unpaired) electrons. The zero-order chi connectivity index (χ0) is 12.8. The van der Waals surface area contributed by atoms with E-state index in [1.807, 2.05) is 0 Å². The molecule has 0 aliphatic carbocycles. The van der Waals surface area contributed by atoms with Gasteiger partial charge in [0.25, 0.3) is 0 Å². The van der Waals surface area contributed by atoms with Crippen molar-refractivity contribution in [1.82, 2.24) is 5.32 Å². The van der Waals surface area contributed by atoms with Crippen LogP contribution in [-0.4, -0.2) is 18.2 Å². The number of carbonyl (C=O) groups is 1. The molecule has 0 fully saturated rings. The third-order valence-electron chi connectivity index (χ3n) is 2.04. The molecule has 0 saturated carbocycles. The number of rotatable bonds is 5. The molecule has 1 amide bonds. The third-order valence-corrected chi connectivity index (χ3v) is 3.35. The number of halogens is 1. The molecule has 0 unspecified atom stereocenters. The number of hydrogen-bond acceptors (Lipinski definition) is 3. The molecule has 1 aromatic carbocycles. The normalized spacial score (nSPS) is 10.6. The lowest BCUT2D eigenvalue weighted by Gasteiger charge is -2.08. The van der Waals surface area contributed by atoms with Gasteiger partial charge in [-0.1, -0.05) is 25.4 Å². The highest BCUT2D eigenvalue weighted by atomic mass is 35.5. The monoisotopic (exact) mass is 272 g/mol. The van der Waals surface area contributed by atoms with Crippen LogP contribution in [0.5, 0.6) is 0 Å². The number of thioether (sulfide) groups is 1. The lowest BCUT2D eigenvalue weighted by Crippen LogP contribution is -2.28. The SMILES string of the molecule is CC(C)CNC(=O)CSc1cc(Cl)ccc1N. The average molecular weight is 273 g/mol. The summed E-state index contributed by atoms with van der Waals surface area (Å²) in [5.41, 5.74) is 6.44. The van der Waals surface area contributed by atoms with E-state index in [-0.39, 0.29) is 5.91 Å². The molecular formula is C12H17ClN2OS. The summed E-state index contributed by atoms with van der Waals surface area (Å²) in [5, 5.41) is 3.48. The minimum absolute atomic E-state index is 0.0167. The quantitative estimate of drug-likeness (QED) is 0.640. The van der Waals surface area contributed by atoms with E-state index in [1.54, 1.807) is 18.2 Å². The number of hydrogen-bond donors (Lipinski definition) is 2. The summed E-state index contributed by atoms with van der Waals surface area (Å²) in [6.07, 6.45) is 0. The van der Waals surface area contributed by atoms with Gasteiger partial charge in [-0.2, -0.15) is 0 Å². The lowest BCUT2D eigenvalue weighted by atomic mass is 10.2. The van der Waals surface area contributed by atoms with Crippen LogP contribution in [0.3, 0.4) is 0 Å². The number of amides is 1. The van der Waals surface area contributed by atoms with E-state index in [1.165, 1.54) is 11.8 Å². The summed E-state index contributed by atoms with van der Waals surface area (Å²) in [6, 6.07) is 5.26. The van der Waals surface area contributed by atoms with E-state index in [4.69, 9.17) is 17.3 Å². The first-order chi connectivity index (χ1) is 7.99. The molecule has 17 heavy (non-hydrogen) atoms. The van der Waals surface area contributed by atoms with Gasteiger partial charge in [0.15, 0.2) is 0 Å². The van der Waals surface area contributed by atoms with Crippen LogP contribution in [0.15, 0.2) is 23.1 Å². The second-order valence-corrected chi connectivity index (χ2v) is 5.62. The van der Waals surface area contributed by atoms with Crippen LogP contribution in [-0.2, 0) is 4.79 Å². The standard InChI is InChI=1S/C12H17ClN2OS/c1-8(2)6-15-12(16)7-17-11-5-9(13)3-4-10(11)14/h3-5,8H,6-7,14H2,1-2H3,(H,15,16). The molecule has 3 nitrogen and oxygen atoms in total. The van der Waals surface area contributed by atoms with Gasteiger partial charge in [-0.3, -0.25) is 4.79 Å². The summed E-state index contributed by atoms with van der Waals surface area (Å²) in [5.74, 6) is 0.834. The highest BCUT2D eigenvalue weighted by Gasteiger charge is 2.06. The first-order valence-electron chi connectivity index (χ1n) is 5.43. The predicted octanol–water partition coefficient (Wildman–Crippen LogP) is 2.79. The summed E-state index contributed by atoms with van der Waals surface area (Å²) >= 11 is 7.26. The van der Waals surface area contributed by atoms with Crippen molar-refractivity contribution >= 4 is 35.0 Å². The average Bonchev–Trinajstić information content (AvgIpc) is 2.27. The highest BCUT2D eigenvalue weighted by Crippen LogP contribution is 2.27. The number of anilines is 1. The van der Waals surface area contributed by atoms with Gasteiger partial charge < -0.3 is 11.1 Å². The van der Waals surface area contributed by atoms with Crippen LogP contribution in [0.25, 0.3) is 0 Å². The smallest absolute Gasteiger partial charge is 0.230 e.